The largest absolute Gasteiger partial charge is 0.468 e. The van der Waals surface area contributed by atoms with Crippen LogP contribution >= 0.6 is 0 Å². The van der Waals surface area contributed by atoms with Crippen LogP contribution in [0.2, 0.25) is 16.6 Å². The lowest BCUT2D eigenvalue weighted by atomic mass is 9.90. The number of hydrogen-bond acceptors (Lipinski definition) is 14. The Bertz CT molecular complexity index is 3840. The Morgan fingerprint density at radius 2 is 1.57 bits per heavy atom. The van der Waals surface area contributed by atoms with Gasteiger partial charge in [-0.3, -0.25) is 29.6 Å². The predicted molar refractivity (Wildman–Crippen MR) is 345 cm³/mol. The van der Waals surface area contributed by atoms with Crippen molar-refractivity contribution in [2.24, 2.45) is 5.41 Å². The van der Waals surface area contributed by atoms with Crippen LogP contribution in [0.15, 0.2) is 72.9 Å². The fourth-order valence-corrected chi connectivity index (χ4v) is 20.2. The molecule has 3 atom stereocenters. The van der Waals surface area contributed by atoms with Crippen molar-refractivity contribution in [3.63, 3.8) is 0 Å². The molecule has 6 aromatic rings. The van der Waals surface area contributed by atoms with E-state index < -0.39 is 37.3 Å². The predicted octanol–water partition coefficient (Wildman–Crippen LogP) is 11.9. The molecule has 20 heteroatoms. The molecule has 0 radical (unpaired) electrons. The maximum absolute atomic E-state index is 18.3. The van der Waals surface area contributed by atoms with E-state index in [-0.39, 0.29) is 88.0 Å². The molecule has 90 heavy (non-hydrogen) atoms. The lowest BCUT2D eigenvalue weighted by Gasteiger charge is -2.42. The van der Waals surface area contributed by atoms with Gasteiger partial charge in [0.2, 0.25) is 11.8 Å². The number of anilines is 2. The van der Waals surface area contributed by atoms with Crippen LogP contribution in [-0.4, -0.2) is 146 Å². The first-order valence-corrected chi connectivity index (χ1v) is 34.1. The maximum atomic E-state index is 18.3. The number of fused-ring (bicyclic) bond motifs is 5. The molecule has 4 amide bonds. The van der Waals surface area contributed by atoms with Crippen molar-refractivity contribution in [3.05, 3.63) is 112 Å². The van der Waals surface area contributed by atoms with Gasteiger partial charge >= 0.3 is 12.1 Å². The van der Waals surface area contributed by atoms with Crippen LogP contribution in [0, 0.1) is 28.5 Å². The van der Waals surface area contributed by atoms with Crippen molar-refractivity contribution in [1.29, 1.82) is 0 Å². The van der Waals surface area contributed by atoms with Crippen molar-refractivity contribution < 1.29 is 46.9 Å². The number of carbonyl (C=O) groups excluding carboxylic acids is 4. The van der Waals surface area contributed by atoms with Gasteiger partial charge in [0.15, 0.2) is 12.6 Å². The van der Waals surface area contributed by atoms with Gasteiger partial charge in [-0.05, 0) is 135 Å². The summed E-state index contributed by atoms with van der Waals surface area (Å²) in [6.45, 7) is 23.4. The first-order chi connectivity index (χ1) is 42.9. The molecule has 1 unspecified atom stereocenters. The van der Waals surface area contributed by atoms with Crippen LogP contribution < -0.4 is 24.6 Å². The van der Waals surface area contributed by atoms with Gasteiger partial charge in [0.1, 0.15) is 48.3 Å². The number of carbonyl (C=O) groups is 4. The third kappa shape index (κ3) is 12.1. The molecule has 4 aromatic carbocycles. The molecule has 1 N–H and O–H groups in total. The lowest BCUT2D eigenvalue weighted by molar-refractivity contribution is -0.136. The molecule has 4 saturated heterocycles. The standard InChI is InChI=1S/C70H83F2N9O8Si/c1-41(2)90(42(3)4,43(5)6)27-24-54-57(71)21-16-46-29-52(88-40-86-11)30-55(60(46)54)62-61(72)63-56(31-73-62)64(79-36-50-17-18-51(37-79)81(50)68(85)89-69(7,8)9)76-67(75-63)87-39-70(25-26-70)38-77(10)32-44-12-14-45(15-13-44)48-33-78(34-48)49-19-20-53-47(28-49)35-80(66(53)84)58-22-23-59(82)74-65(58)83/h12-16,19-21,28-31,41-43,48,50-51,58H,17-18,22-23,25-26,32-40H2,1-11H3,(H,74,82,83)/t50-,51+,58?. The molecule has 474 valence electrons. The van der Waals surface area contributed by atoms with Gasteiger partial charge < -0.3 is 38.5 Å². The Kier molecular flexibility index (Phi) is 17.0. The molecule has 17 nitrogen and oxygen atoms in total. The Morgan fingerprint density at radius 1 is 0.856 bits per heavy atom. The van der Waals surface area contributed by atoms with Crippen LogP contribution in [0.25, 0.3) is 32.9 Å². The zero-order valence-corrected chi connectivity index (χ0v) is 54.7. The number of aromatic nitrogens is 3. The second-order valence-electron chi connectivity index (χ2n) is 27.9. The molecule has 2 aromatic heterocycles. The smallest absolute Gasteiger partial charge is 0.410 e. The molecule has 1 saturated carbocycles. The minimum Gasteiger partial charge on any atom is -0.468 e. The third-order valence-corrected chi connectivity index (χ3v) is 26.0. The van der Waals surface area contributed by atoms with E-state index in [0.29, 0.717) is 77.4 Å². The van der Waals surface area contributed by atoms with Gasteiger partial charge in [-0.15, -0.1) is 5.54 Å². The summed E-state index contributed by atoms with van der Waals surface area (Å²) in [5.74, 6) is 2.41. The number of piperazine rings is 1. The molecular formula is C70H83F2N9O8Si. The number of hydrogen-bond donors (Lipinski definition) is 1. The molecule has 2 bridgehead atoms. The minimum absolute atomic E-state index is 0.00537. The summed E-state index contributed by atoms with van der Waals surface area (Å²) in [7, 11) is 1.27. The van der Waals surface area contributed by atoms with E-state index in [9.17, 15) is 19.2 Å². The number of ether oxygens (including phenoxy) is 4. The van der Waals surface area contributed by atoms with E-state index in [1.807, 2.05) is 37.8 Å². The van der Waals surface area contributed by atoms with Crippen LogP contribution in [0.5, 0.6) is 11.8 Å². The first-order valence-electron chi connectivity index (χ1n) is 31.9. The van der Waals surface area contributed by atoms with Crippen molar-refractivity contribution in [3.8, 4) is 34.5 Å². The fourth-order valence-electron chi connectivity index (χ4n) is 15.0. The number of amides is 4. The van der Waals surface area contributed by atoms with Crippen LogP contribution in [0.3, 0.4) is 0 Å². The molecule has 0 spiro atoms. The quantitative estimate of drug-likeness (QED) is 0.0373. The number of nitrogens with one attached hydrogen (secondary N) is 1. The van der Waals surface area contributed by atoms with Gasteiger partial charge in [-0.1, -0.05) is 77.8 Å². The molecule has 7 heterocycles. The van der Waals surface area contributed by atoms with Crippen LogP contribution in [0.4, 0.5) is 25.1 Å². The number of nitrogens with zero attached hydrogens (tertiary/aromatic N) is 8. The number of halogens is 2. The van der Waals surface area contributed by atoms with E-state index in [4.69, 9.17) is 33.9 Å². The summed E-state index contributed by atoms with van der Waals surface area (Å²) >= 11 is 0. The monoisotopic (exact) mass is 1240 g/mol. The van der Waals surface area contributed by atoms with E-state index in [2.05, 4.69) is 110 Å². The highest BCUT2D eigenvalue weighted by atomic mass is 28.3. The Labute approximate surface area is 527 Å². The van der Waals surface area contributed by atoms with Gasteiger partial charge in [0, 0.05) is 99.1 Å². The van der Waals surface area contributed by atoms with Gasteiger partial charge in [0.25, 0.3) is 5.91 Å². The highest BCUT2D eigenvalue weighted by Gasteiger charge is 2.48. The SMILES string of the molecule is COCOc1cc(-c2ncc3c(N4C[C@H]5CC[C@@H](C4)N5C(=O)OC(C)(C)C)nc(OCC4(CN(C)Cc5ccc(C6CN(c7ccc8c(c7)CN(C7CCC(=O)NC7=O)C8=O)C6)cc5)CC4)nc3c2F)c2c(C#C[Si](C(C)C)(C(C)C)C(C)C)c(F)ccc2c1. The summed E-state index contributed by atoms with van der Waals surface area (Å²) in [6.07, 6.45) is 5.19. The molecule has 12 rings (SSSR count). The van der Waals surface area contributed by atoms with Crippen molar-refractivity contribution >= 4 is 65.1 Å². The topological polar surface area (TPSA) is 172 Å². The maximum Gasteiger partial charge on any atom is 0.410 e. The van der Waals surface area contributed by atoms with Crippen molar-refractivity contribution in [2.75, 3.05) is 70.1 Å². The molecule has 1 aliphatic carbocycles. The Balaban J connectivity index is 0.790. The summed E-state index contributed by atoms with van der Waals surface area (Å²) in [4.78, 5) is 76.3. The van der Waals surface area contributed by atoms with E-state index in [0.717, 1.165) is 63.1 Å². The van der Waals surface area contributed by atoms with Crippen molar-refractivity contribution in [2.45, 2.75) is 160 Å². The lowest BCUT2D eigenvalue weighted by Crippen LogP contribution is -2.57. The van der Waals surface area contributed by atoms with Gasteiger partial charge in [0.05, 0.1) is 29.6 Å². The Morgan fingerprint density at radius 3 is 2.22 bits per heavy atom. The fraction of sp³-hybridized carbons (Fsp3) is 0.500. The first kappa shape index (κ1) is 62.5. The summed E-state index contributed by atoms with van der Waals surface area (Å²) in [6, 6.07) is 20.3. The van der Waals surface area contributed by atoms with E-state index >= 15 is 8.78 Å². The number of pyridine rings is 1. The number of methoxy groups -OCH3 is 1. The van der Waals surface area contributed by atoms with Crippen molar-refractivity contribution in [1.82, 2.24) is 35.0 Å². The average molecular weight is 1240 g/mol. The molecular weight excluding hydrogens is 1160 g/mol. The van der Waals surface area contributed by atoms with Gasteiger partial charge in [-0.2, -0.15) is 9.97 Å². The third-order valence-electron chi connectivity index (χ3n) is 19.7. The highest BCUT2D eigenvalue weighted by molar-refractivity contribution is 6.90. The summed E-state index contributed by atoms with van der Waals surface area (Å²) < 4.78 is 58.7. The number of benzene rings is 4. The molecule has 5 fully saturated rings. The normalized spacial score (nSPS) is 19.9. The summed E-state index contributed by atoms with van der Waals surface area (Å²) in [5, 5.41) is 3.76. The highest BCUT2D eigenvalue weighted by Crippen LogP contribution is 2.48. The number of imide groups is 1. The number of rotatable bonds is 18. The zero-order chi connectivity index (χ0) is 63.7. The minimum atomic E-state index is -2.36. The summed E-state index contributed by atoms with van der Waals surface area (Å²) in [5.41, 5.74) is 9.10. The van der Waals surface area contributed by atoms with E-state index in [1.165, 1.54) is 24.3 Å². The second-order valence-corrected chi connectivity index (χ2v) is 33.5. The zero-order valence-electron chi connectivity index (χ0n) is 53.7. The van der Waals surface area contributed by atoms with Gasteiger partial charge in [-0.25, -0.2) is 13.6 Å². The van der Waals surface area contributed by atoms with E-state index in [1.54, 1.807) is 29.3 Å². The van der Waals surface area contributed by atoms with Crippen LogP contribution in [0.1, 0.15) is 139 Å². The second kappa shape index (κ2) is 24.5. The van der Waals surface area contributed by atoms with Crippen LogP contribution in [-0.2, 0) is 32.2 Å². The molecule has 5 aliphatic heterocycles. The number of piperidine rings is 1. The molecule has 6 aliphatic rings. The average Bonchev–Trinajstić information content (AvgIpc) is 1.11. The Hall–Kier alpha value is -7.73.